The average molecular weight is 557 g/mol. The van der Waals surface area contributed by atoms with Gasteiger partial charge in [-0.3, -0.25) is 14.4 Å². The molecule has 0 radical (unpaired) electrons. The molecule has 3 aromatic rings. The minimum atomic E-state index is -0.459. The first-order chi connectivity index (χ1) is 17.7. The molecule has 1 N–H and O–H groups in total. The fraction of sp³-hybridized carbons (Fsp3) is 0.148. The zero-order valence-electron chi connectivity index (χ0n) is 19.9. The van der Waals surface area contributed by atoms with Crippen molar-refractivity contribution in [3.63, 3.8) is 0 Å². The quantitative estimate of drug-likeness (QED) is 0.302. The van der Waals surface area contributed by atoms with Crippen LogP contribution in [0.3, 0.4) is 0 Å². The molecule has 1 aliphatic rings. The number of aryl methyl sites for hydroxylation is 1. The van der Waals surface area contributed by atoms with Crippen LogP contribution in [0.25, 0.3) is 6.08 Å². The standard InChI is InChI=1S/C27H22Cl2N2O5S/c1-3-35-22-13-17(14-23-26(33)31(27(34)37-23)20-10-6-18(28)7-11-20)12-21(29)25(22)36-15-24(32)30-19-8-4-16(2)5-9-19/h4-14H,3,15H2,1-2H3,(H,30,32)/b23-14+. The van der Waals surface area contributed by atoms with Gasteiger partial charge in [0.05, 0.1) is 22.2 Å². The van der Waals surface area contributed by atoms with Gasteiger partial charge in [-0.15, -0.1) is 0 Å². The summed E-state index contributed by atoms with van der Waals surface area (Å²) >= 11 is 13.2. The van der Waals surface area contributed by atoms with Crippen LogP contribution in [0.2, 0.25) is 10.0 Å². The number of thioether (sulfide) groups is 1. The summed E-state index contributed by atoms with van der Waals surface area (Å²) < 4.78 is 11.4. The maximum Gasteiger partial charge on any atom is 0.298 e. The third-order valence-electron chi connectivity index (χ3n) is 5.19. The van der Waals surface area contributed by atoms with E-state index in [1.807, 2.05) is 19.1 Å². The maximum atomic E-state index is 13.0. The second kappa shape index (κ2) is 11.7. The van der Waals surface area contributed by atoms with E-state index in [2.05, 4.69) is 5.32 Å². The van der Waals surface area contributed by atoms with Crippen molar-refractivity contribution in [1.29, 1.82) is 0 Å². The molecule has 0 saturated carbocycles. The number of hydrogen-bond acceptors (Lipinski definition) is 6. The predicted molar refractivity (Wildman–Crippen MR) is 148 cm³/mol. The number of rotatable bonds is 8. The van der Waals surface area contributed by atoms with Crippen molar-refractivity contribution in [3.05, 3.63) is 86.7 Å². The van der Waals surface area contributed by atoms with Gasteiger partial charge >= 0.3 is 0 Å². The van der Waals surface area contributed by atoms with E-state index in [4.69, 9.17) is 32.7 Å². The van der Waals surface area contributed by atoms with Gasteiger partial charge in [0, 0.05) is 10.7 Å². The van der Waals surface area contributed by atoms with E-state index in [0.29, 0.717) is 34.3 Å². The van der Waals surface area contributed by atoms with Crippen molar-refractivity contribution in [2.24, 2.45) is 0 Å². The molecule has 0 spiro atoms. The Kier molecular flexibility index (Phi) is 8.43. The molecule has 0 unspecified atom stereocenters. The molecule has 190 valence electrons. The van der Waals surface area contributed by atoms with Crippen molar-refractivity contribution in [1.82, 2.24) is 0 Å². The highest BCUT2D eigenvalue weighted by atomic mass is 35.5. The van der Waals surface area contributed by atoms with Crippen LogP contribution in [-0.4, -0.2) is 30.3 Å². The molecule has 4 rings (SSSR count). The van der Waals surface area contributed by atoms with Gasteiger partial charge in [0.1, 0.15) is 0 Å². The van der Waals surface area contributed by atoms with Crippen molar-refractivity contribution >= 4 is 69.5 Å². The van der Waals surface area contributed by atoms with Crippen LogP contribution in [0.5, 0.6) is 11.5 Å². The van der Waals surface area contributed by atoms with E-state index in [-0.39, 0.29) is 28.2 Å². The maximum absolute atomic E-state index is 13.0. The van der Waals surface area contributed by atoms with Crippen LogP contribution in [0.4, 0.5) is 16.2 Å². The van der Waals surface area contributed by atoms with Gasteiger partial charge in [0.15, 0.2) is 18.1 Å². The number of amides is 3. The Labute approximate surface area is 228 Å². The lowest BCUT2D eigenvalue weighted by Gasteiger charge is -2.15. The Hall–Kier alpha value is -3.46. The Morgan fingerprint density at radius 2 is 1.73 bits per heavy atom. The molecule has 10 heteroatoms. The van der Waals surface area contributed by atoms with Gasteiger partial charge in [-0.05, 0) is 85.8 Å². The predicted octanol–water partition coefficient (Wildman–Crippen LogP) is 6.96. The zero-order valence-corrected chi connectivity index (χ0v) is 22.2. The number of imide groups is 1. The van der Waals surface area contributed by atoms with Gasteiger partial charge in [-0.1, -0.05) is 40.9 Å². The number of halogens is 2. The largest absolute Gasteiger partial charge is 0.490 e. The highest BCUT2D eigenvalue weighted by Crippen LogP contribution is 2.40. The summed E-state index contributed by atoms with van der Waals surface area (Å²) in [6.07, 6.45) is 1.56. The second-order valence-electron chi connectivity index (χ2n) is 7.96. The molecule has 0 aliphatic carbocycles. The average Bonchev–Trinajstić information content (AvgIpc) is 3.13. The lowest BCUT2D eigenvalue weighted by atomic mass is 10.1. The normalized spacial score (nSPS) is 14.3. The summed E-state index contributed by atoms with van der Waals surface area (Å²) in [5, 5.41) is 3.03. The summed E-state index contributed by atoms with van der Waals surface area (Å²) in [6.45, 7) is 3.79. The van der Waals surface area contributed by atoms with Gasteiger partial charge < -0.3 is 14.8 Å². The highest BCUT2D eigenvalue weighted by molar-refractivity contribution is 8.19. The van der Waals surface area contributed by atoms with Crippen LogP contribution in [0, 0.1) is 6.92 Å². The number of carbonyl (C=O) groups excluding carboxylic acids is 3. The summed E-state index contributed by atoms with van der Waals surface area (Å²) in [5.41, 5.74) is 2.69. The van der Waals surface area contributed by atoms with E-state index in [1.165, 1.54) is 0 Å². The molecule has 7 nitrogen and oxygen atoms in total. The fourth-order valence-electron chi connectivity index (χ4n) is 3.48. The number of carbonyl (C=O) groups is 3. The van der Waals surface area contributed by atoms with Crippen LogP contribution in [0.15, 0.2) is 65.6 Å². The van der Waals surface area contributed by atoms with Gasteiger partial charge in [-0.2, -0.15) is 0 Å². The monoisotopic (exact) mass is 556 g/mol. The molecular weight excluding hydrogens is 535 g/mol. The lowest BCUT2D eigenvalue weighted by molar-refractivity contribution is -0.118. The minimum Gasteiger partial charge on any atom is -0.490 e. The topological polar surface area (TPSA) is 84.9 Å². The fourth-order valence-corrected chi connectivity index (χ4v) is 4.72. The van der Waals surface area contributed by atoms with Crippen molar-refractivity contribution < 1.29 is 23.9 Å². The third kappa shape index (κ3) is 6.46. The Morgan fingerprint density at radius 3 is 2.41 bits per heavy atom. The van der Waals surface area contributed by atoms with E-state index >= 15 is 0 Å². The summed E-state index contributed by atoms with van der Waals surface area (Å²) in [4.78, 5) is 39.2. The molecule has 0 aromatic heterocycles. The zero-order chi connectivity index (χ0) is 26.5. The van der Waals surface area contributed by atoms with Gasteiger partial charge in [0.25, 0.3) is 17.1 Å². The molecule has 3 amide bonds. The smallest absolute Gasteiger partial charge is 0.298 e. The Morgan fingerprint density at radius 1 is 1.03 bits per heavy atom. The molecule has 0 bridgehead atoms. The number of nitrogens with zero attached hydrogens (tertiary/aromatic N) is 1. The first kappa shape index (κ1) is 26.6. The van der Waals surface area contributed by atoms with E-state index in [9.17, 15) is 14.4 Å². The summed E-state index contributed by atoms with van der Waals surface area (Å²) in [5.74, 6) is -0.308. The van der Waals surface area contributed by atoms with Crippen molar-refractivity contribution in [2.75, 3.05) is 23.4 Å². The van der Waals surface area contributed by atoms with Crippen molar-refractivity contribution in [2.45, 2.75) is 13.8 Å². The Balaban J connectivity index is 1.51. The minimum absolute atomic E-state index is 0.192. The molecular formula is C27H22Cl2N2O5S. The number of anilines is 2. The van der Waals surface area contributed by atoms with Crippen LogP contribution in [-0.2, 0) is 9.59 Å². The van der Waals surface area contributed by atoms with Crippen LogP contribution >= 0.6 is 35.0 Å². The molecule has 1 fully saturated rings. The van der Waals surface area contributed by atoms with E-state index < -0.39 is 11.1 Å². The first-order valence-electron chi connectivity index (χ1n) is 11.2. The molecule has 37 heavy (non-hydrogen) atoms. The number of nitrogens with one attached hydrogen (secondary N) is 1. The molecule has 0 atom stereocenters. The molecule has 1 heterocycles. The van der Waals surface area contributed by atoms with Crippen LogP contribution < -0.4 is 19.7 Å². The Bertz CT molecular complexity index is 1370. The number of ether oxygens (including phenoxy) is 2. The highest BCUT2D eigenvalue weighted by Gasteiger charge is 2.36. The summed E-state index contributed by atoms with van der Waals surface area (Å²) in [6, 6.07) is 17.0. The lowest BCUT2D eigenvalue weighted by Crippen LogP contribution is -2.27. The van der Waals surface area contributed by atoms with E-state index in [0.717, 1.165) is 22.2 Å². The first-order valence-corrected chi connectivity index (χ1v) is 12.8. The third-order valence-corrected chi connectivity index (χ3v) is 6.59. The van der Waals surface area contributed by atoms with E-state index in [1.54, 1.807) is 61.5 Å². The molecule has 1 aliphatic heterocycles. The number of hydrogen-bond donors (Lipinski definition) is 1. The van der Waals surface area contributed by atoms with Crippen molar-refractivity contribution in [3.8, 4) is 11.5 Å². The molecule has 3 aromatic carbocycles. The van der Waals surface area contributed by atoms with Gasteiger partial charge in [-0.25, -0.2) is 4.90 Å². The number of benzene rings is 3. The molecule has 1 saturated heterocycles. The van der Waals surface area contributed by atoms with Gasteiger partial charge in [0.2, 0.25) is 0 Å². The summed E-state index contributed by atoms with van der Waals surface area (Å²) in [7, 11) is 0. The second-order valence-corrected chi connectivity index (χ2v) is 9.80. The van der Waals surface area contributed by atoms with Crippen LogP contribution in [0.1, 0.15) is 18.1 Å². The SMILES string of the molecule is CCOc1cc(/C=C2/SC(=O)N(c3ccc(Cl)cc3)C2=O)cc(Cl)c1OCC(=O)Nc1ccc(C)cc1.